The average molecular weight is 325 g/mol. The molecule has 18 heavy (non-hydrogen) atoms. The van der Waals surface area contributed by atoms with Crippen LogP contribution < -0.4 is 5.32 Å². The summed E-state index contributed by atoms with van der Waals surface area (Å²) in [5, 5.41) is 2.82. The minimum absolute atomic E-state index is 0.0400. The summed E-state index contributed by atoms with van der Waals surface area (Å²) in [5.74, 6) is 0.579. The van der Waals surface area contributed by atoms with Gasteiger partial charge in [-0.3, -0.25) is 4.79 Å². The van der Waals surface area contributed by atoms with E-state index in [0.29, 0.717) is 12.2 Å². The van der Waals surface area contributed by atoms with Crippen LogP contribution in [0, 0.1) is 13.8 Å². The van der Waals surface area contributed by atoms with Gasteiger partial charge in [-0.2, -0.15) is 0 Å². The third-order valence-electron chi connectivity index (χ3n) is 2.33. The molecule has 0 aromatic carbocycles. The van der Waals surface area contributed by atoms with Crippen molar-refractivity contribution in [2.24, 2.45) is 0 Å². The number of nitrogens with zero attached hydrogens (tertiary/aromatic N) is 1. The molecule has 0 saturated carbocycles. The Hall–Kier alpha value is -1.20. The zero-order chi connectivity index (χ0) is 13.1. The maximum absolute atomic E-state index is 11.9. The Balaban J connectivity index is 2.02. The maximum Gasteiger partial charge on any atom is 0.230 e. The number of aromatic nitrogens is 1. The van der Waals surface area contributed by atoms with Gasteiger partial charge in [0, 0.05) is 10.6 Å². The number of pyridine rings is 1. The van der Waals surface area contributed by atoms with E-state index >= 15 is 0 Å². The van der Waals surface area contributed by atoms with Crippen LogP contribution >= 0.6 is 27.3 Å². The summed E-state index contributed by atoms with van der Waals surface area (Å²) in [5.41, 5.74) is 2.00. The fraction of sp³-hybridized carbons (Fsp3) is 0.231. The van der Waals surface area contributed by atoms with Gasteiger partial charge in [0.15, 0.2) is 0 Å². The molecule has 0 saturated heterocycles. The lowest BCUT2D eigenvalue weighted by Crippen LogP contribution is -2.15. The van der Waals surface area contributed by atoms with Crippen LogP contribution in [0.4, 0.5) is 5.82 Å². The predicted octanol–water partition coefficient (Wildman–Crippen LogP) is 3.70. The molecule has 0 spiro atoms. The summed E-state index contributed by atoms with van der Waals surface area (Å²) in [4.78, 5) is 17.2. The highest BCUT2D eigenvalue weighted by atomic mass is 79.9. The molecule has 2 rings (SSSR count). The summed E-state index contributed by atoms with van der Waals surface area (Å²) >= 11 is 4.95. The Bertz CT molecular complexity index is 560. The smallest absolute Gasteiger partial charge is 0.230 e. The lowest BCUT2D eigenvalue weighted by Gasteiger charge is -2.05. The summed E-state index contributed by atoms with van der Waals surface area (Å²) in [7, 11) is 0. The van der Waals surface area contributed by atoms with E-state index in [4.69, 9.17) is 0 Å². The van der Waals surface area contributed by atoms with Crippen LogP contribution in [0.5, 0.6) is 0 Å². The molecule has 0 aliphatic rings. The van der Waals surface area contributed by atoms with Crippen LogP contribution in [0.2, 0.25) is 0 Å². The van der Waals surface area contributed by atoms with E-state index in [9.17, 15) is 4.79 Å². The van der Waals surface area contributed by atoms with E-state index in [2.05, 4.69) is 26.2 Å². The number of rotatable bonds is 3. The van der Waals surface area contributed by atoms with Crippen LogP contribution in [0.25, 0.3) is 0 Å². The Kier molecular flexibility index (Phi) is 4.14. The molecule has 0 radical (unpaired) electrons. The number of aryl methyl sites for hydroxylation is 2. The first kappa shape index (κ1) is 13.2. The molecule has 0 aliphatic carbocycles. The van der Waals surface area contributed by atoms with Gasteiger partial charge in [-0.05, 0) is 59.6 Å². The molecule has 0 bridgehead atoms. The lowest BCUT2D eigenvalue weighted by atomic mass is 10.2. The van der Waals surface area contributed by atoms with Gasteiger partial charge < -0.3 is 5.32 Å². The van der Waals surface area contributed by atoms with E-state index in [-0.39, 0.29) is 5.91 Å². The number of carbonyl (C=O) groups excluding carboxylic acids is 1. The second-order valence-electron chi connectivity index (χ2n) is 4.10. The molecule has 5 heteroatoms. The first-order chi connectivity index (χ1) is 8.52. The van der Waals surface area contributed by atoms with Crippen molar-refractivity contribution in [2.45, 2.75) is 20.3 Å². The zero-order valence-corrected chi connectivity index (χ0v) is 12.6. The molecule has 0 fully saturated rings. The molecular weight excluding hydrogens is 312 g/mol. The van der Waals surface area contributed by atoms with Gasteiger partial charge in [0.25, 0.3) is 0 Å². The minimum Gasteiger partial charge on any atom is -0.310 e. The fourth-order valence-corrected chi connectivity index (χ4v) is 3.18. The van der Waals surface area contributed by atoms with Crippen LogP contribution in [0.1, 0.15) is 16.1 Å². The van der Waals surface area contributed by atoms with Gasteiger partial charge in [0.05, 0.1) is 10.2 Å². The number of halogens is 1. The quantitative estimate of drug-likeness (QED) is 0.935. The van der Waals surface area contributed by atoms with Gasteiger partial charge in [0.2, 0.25) is 5.91 Å². The molecule has 94 valence electrons. The van der Waals surface area contributed by atoms with Crippen molar-refractivity contribution in [3.8, 4) is 0 Å². The average Bonchev–Trinajstić information content (AvgIpc) is 2.61. The molecule has 2 aromatic rings. The normalized spacial score (nSPS) is 10.4. The molecule has 0 aliphatic heterocycles. The molecule has 2 aromatic heterocycles. The van der Waals surface area contributed by atoms with Crippen molar-refractivity contribution < 1.29 is 4.79 Å². The Morgan fingerprint density at radius 1 is 1.39 bits per heavy atom. The number of thiophene rings is 1. The first-order valence-electron chi connectivity index (χ1n) is 5.52. The van der Waals surface area contributed by atoms with Crippen LogP contribution in [0.15, 0.2) is 28.1 Å². The van der Waals surface area contributed by atoms with E-state index in [1.165, 1.54) is 0 Å². The van der Waals surface area contributed by atoms with Gasteiger partial charge in [-0.15, -0.1) is 11.3 Å². The van der Waals surface area contributed by atoms with E-state index in [1.54, 1.807) is 11.3 Å². The van der Waals surface area contributed by atoms with Gasteiger partial charge in [0.1, 0.15) is 5.82 Å². The maximum atomic E-state index is 11.9. The number of anilines is 1. The highest BCUT2D eigenvalue weighted by Gasteiger charge is 2.07. The van der Waals surface area contributed by atoms with Crippen molar-refractivity contribution in [3.05, 3.63) is 44.2 Å². The van der Waals surface area contributed by atoms with Crippen LogP contribution in [0.3, 0.4) is 0 Å². The molecule has 0 unspecified atom stereocenters. The second-order valence-corrected chi connectivity index (χ2v) is 6.65. The molecule has 1 N–H and O–H groups in total. The van der Waals surface area contributed by atoms with Crippen LogP contribution in [-0.2, 0) is 11.2 Å². The highest BCUT2D eigenvalue weighted by Crippen LogP contribution is 2.22. The highest BCUT2D eigenvalue weighted by molar-refractivity contribution is 9.11. The number of hydrogen-bond donors (Lipinski definition) is 1. The fourth-order valence-electron chi connectivity index (χ4n) is 1.70. The van der Waals surface area contributed by atoms with E-state index in [0.717, 1.165) is 19.9 Å². The number of nitrogens with one attached hydrogen (secondary N) is 1. The van der Waals surface area contributed by atoms with Crippen LogP contribution in [-0.4, -0.2) is 10.9 Å². The largest absolute Gasteiger partial charge is 0.310 e. The zero-order valence-electron chi connectivity index (χ0n) is 10.2. The predicted molar refractivity (Wildman–Crippen MR) is 78.1 cm³/mol. The molecule has 0 atom stereocenters. The first-order valence-corrected chi connectivity index (χ1v) is 7.13. The van der Waals surface area contributed by atoms with Gasteiger partial charge >= 0.3 is 0 Å². The molecular formula is C13H13BrN2OS. The summed E-state index contributed by atoms with van der Waals surface area (Å²) in [6.07, 6.45) is 0.380. The third kappa shape index (κ3) is 3.65. The summed E-state index contributed by atoms with van der Waals surface area (Å²) in [6, 6.07) is 7.74. The van der Waals surface area contributed by atoms with E-state index in [1.807, 2.05) is 38.1 Å². The van der Waals surface area contributed by atoms with Crippen molar-refractivity contribution in [2.75, 3.05) is 5.32 Å². The summed E-state index contributed by atoms with van der Waals surface area (Å²) < 4.78 is 1.04. The number of carbonyl (C=O) groups is 1. The van der Waals surface area contributed by atoms with Crippen molar-refractivity contribution >= 4 is 39.0 Å². The number of amides is 1. The lowest BCUT2D eigenvalue weighted by molar-refractivity contribution is -0.115. The van der Waals surface area contributed by atoms with Crippen molar-refractivity contribution in [3.63, 3.8) is 0 Å². The Labute approximate surface area is 118 Å². The summed E-state index contributed by atoms with van der Waals surface area (Å²) in [6.45, 7) is 3.90. The second kappa shape index (κ2) is 5.63. The standard InChI is InChI=1S/C13H13BrN2OS/c1-8-5-9(2)15-12(6-8)16-13(17)7-10-3-4-11(14)18-10/h3-6H,7H2,1-2H3,(H,15,16,17). The monoisotopic (exact) mass is 324 g/mol. The molecule has 2 heterocycles. The topological polar surface area (TPSA) is 42.0 Å². The SMILES string of the molecule is Cc1cc(C)nc(NC(=O)Cc2ccc(Br)s2)c1. The van der Waals surface area contributed by atoms with Gasteiger partial charge in [-0.25, -0.2) is 4.98 Å². The van der Waals surface area contributed by atoms with E-state index < -0.39 is 0 Å². The van der Waals surface area contributed by atoms with Gasteiger partial charge in [-0.1, -0.05) is 0 Å². The van der Waals surface area contributed by atoms with Crippen molar-refractivity contribution in [1.29, 1.82) is 0 Å². The molecule has 1 amide bonds. The Morgan fingerprint density at radius 2 is 2.17 bits per heavy atom. The number of hydrogen-bond acceptors (Lipinski definition) is 3. The minimum atomic E-state index is -0.0400. The van der Waals surface area contributed by atoms with Crippen molar-refractivity contribution in [1.82, 2.24) is 4.98 Å². The third-order valence-corrected chi connectivity index (χ3v) is 3.95. The molecule has 3 nitrogen and oxygen atoms in total. The Morgan fingerprint density at radius 3 is 2.78 bits per heavy atom.